The van der Waals surface area contributed by atoms with Crippen LogP contribution in [0.2, 0.25) is 0 Å². The van der Waals surface area contributed by atoms with Crippen LogP contribution in [0.3, 0.4) is 0 Å². The second-order valence-corrected chi connectivity index (χ2v) is 3.00. The molecule has 3 heteroatoms. The first-order valence-electron chi connectivity index (χ1n) is 4.38. The minimum Gasteiger partial charge on any atom is -0.463 e. The number of carbonyl (C=O) groups excluding carboxylic acids is 1. The predicted molar refractivity (Wildman–Crippen MR) is 49.1 cm³/mol. The summed E-state index contributed by atoms with van der Waals surface area (Å²) in [6.45, 7) is 1.38. The lowest BCUT2D eigenvalue weighted by molar-refractivity contribution is -0.143. The SMILES string of the molecule is CC(=O)OC[C@@H](O)C1=CCCC=C1. The molecule has 1 aliphatic rings. The molecule has 0 heterocycles. The summed E-state index contributed by atoms with van der Waals surface area (Å²) < 4.78 is 4.69. The summed E-state index contributed by atoms with van der Waals surface area (Å²) in [5, 5.41) is 9.53. The smallest absolute Gasteiger partial charge is 0.302 e. The van der Waals surface area contributed by atoms with Crippen molar-refractivity contribution in [3.05, 3.63) is 23.8 Å². The van der Waals surface area contributed by atoms with Crippen molar-refractivity contribution in [2.75, 3.05) is 6.61 Å². The summed E-state index contributed by atoms with van der Waals surface area (Å²) >= 11 is 0. The lowest BCUT2D eigenvalue weighted by Gasteiger charge is -2.13. The molecule has 0 unspecified atom stereocenters. The summed E-state index contributed by atoms with van der Waals surface area (Å²) in [7, 11) is 0. The molecule has 0 saturated carbocycles. The van der Waals surface area contributed by atoms with Crippen molar-refractivity contribution in [2.24, 2.45) is 0 Å². The van der Waals surface area contributed by atoms with Gasteiger partial charge in [-0.15, -0.1) is 0 Å². The Morgan fingerprint density at radius 2 is 2.46 bits per heavy atom. The lowest BCUT2D eigenvalue weighted by Crippen LogP contribution is -2.19. The number of hydrogen-bond acceptors (Lipinski definition) is 3. The van der Waals surface area contributed by atoms with Gasteiger partial charge in [-0.05, 0) is 18.4 Å². The Morgan fingerprint density at radius 3 is 3.00 bits per heavy atom. The Labute approximate surface area is 77.7 Å². The van der Waals surface area contributed by atoms with Crippen molar-refractivity contribution in [2.45, 2.75) is 25.9 Å². The molecule has 0 spiro atoms. The van der Waals surface area contributed by atoms with Gasteiger partial charge < -0.3 is 9.84 Å². The lowest BCUT2D eigenvalue weighted by atomic mass is 10.0. The van der Waals surface area contributed by atoms with Crippen LogP contribution in [0.25, 0.3) is 0 Å². The van der Waals surface area contributed by atoms with Gasteiger partial charge in [-0.1, -0.05) is 18.2 Å². The molecule has 1 rings (SSSR count). The van der Waals surface area contributed by atoms with Crippen LogP contribution in [0.4, 0.5) is 0 Å². The van der Waals surface area contributed by atoms with E-state index >= 15 is 0 Å². The summed E-state index contributed by atoms with van der Waals surface area (Å²) in [6.07, 6.45) is 7.13. The number of rotatable bonds is 3. The van der Waals surface area contributed by atoms with Gasteiger partial charge in [0, 0.05) is 6.92 Å². The standard InChI is InChI=1S/C10H14O3/c1-8(11)13-7-10(12)9-5-3-2-4-6-9/h3,5-6,10,12H,2,4,7H2,1H3/t10-/m1/s1. The molecule has 1 aliphatic carbocycles. The third-order valence-electron chi connectivity index (χ3n) is 1.85. The first-order chi connectivity index (χ1) is 6.20. The maximum absolute atomic E-state index is 10.5. The third kappa shape index (κ3) is 3.42. The van der Waals surface area contributed by atoms with E-state index in [-0.39, 0.29) is 12.6 Å². The van der Waals surface area contributed by atoms with E-state index in [4.69, 9.17) is 4.74 Å². The molecule has 1 N–H and O–H groups in total. The van der Waals surface area contributed by atoms with Gasteiger partial charge in [-0.2, -0.15) is 0 Å². The molecule has 0 aliphatic heterocycles. The highest BCUT2D eigenvalue weighted by molar-refractivity contribution is 5.65. The zero-order valence-corrected chi connectivity index (χ0v) is 7.69. The Bertz CT molecular complexity index is 241. The second kappa shape index (κ2) is 4.82. The fourth-order valence-corrected chi connectivity index (χ4v) is 1.17. The zero-order valence-electron chi connectivity index (χ0n) is 7.69. The minimum atomic E-state index is -0.680. The Balaban J connectivity index is 2.38. The van der Waals surface area contributed by atoms with E-state index in [1.807, 2.05) is 18.2 Å². The van der Waals surface area contributed by atoms with Gasteiger partial charge in [0.25, 0.3) is 0 Å². The largest absolute Gasteiger partial charge is 0.463 e. The van der Waals surface area contributed by atoms with Crippen molar-refractivity contribution < 1.29 is 14.6 Å². The van der Waals surface area contributed by atoms with Crippen LogP contribution in [-0.2, 0) is 9.53 Å². The Hall–Kier alpha value is -1.09. The number of esters is 1. The molecule has 72 valence electrons. The van der Waals surface area contributed by atoms with Crippen LogP contribution in [-0.4, -0.2) is 23.8 Å². The summed E-state index contributed by atoms with van der Waals surface area (Å²) in [5.74, 6) is -0.362. The number of aliphatic hydroxyl groups excluding tert-OH is 1. The molecule has 3 nitrogen and oxygen atoms in total. The first-order valence-corrected chi connectivity index (χ1v) is 4.38. The Kier molecular flexibility index (Phi) is 3.71. The van der Waals surface area contributed by atoms with Crippen molar-refractivity contribution in [1.29, 1.82) is 0 Å². The molecule has 13 heavy (non-hydrogen) atoms. The summed E-state index contributed by atoms with van der Waals surface area (Å²) in [6, 6.07) is 0. The summed E-state index contributed by atoms with van der Waals surface area (Å²) in [4.78, 5) is 10.5. The average Bonchev–Trinajstić information content (AvgIpc) is 2.15. The predicted octanol–water partition coefficient (Wildman–Crippen LogP) is 1.19. The van der Waals surface area contributed by atoms with Gasteiger partial charge >= 0.3 is 5.97 Å². The molecule has 0 saturated heterocycles. The number of carbonyl (C=O) groups is 1. The maximum Gasteiger partial charge on any atom is 0.302 e. The van der Waals surface area contributed by atoms with Gasteiger partial charge in [-0.3, -0.25) is 4.79 Å². The van der Waals surface area contributed by atoms with Crippen LogP contribution in [0.15, 0.2) is 23.8 Å². The normalized spacial score (nSPS) is 17.8. The molecule has 0 amide bonds. The monoisotopic (exact) mass is 182 g/mol. The van der Waals surface area contributed by atoms with Gasteiger partial charge in [0.05, 0.1) is 0 Å². The minimum absolute atomic E-state index is 0.0471. The molecule has 0 bridgehead atoms. The van der Waals surface area contributed by atoms with Gasteiger partial charge in [0.15, 0.2) is 0 Å². The van der Waals surface area contributed by atoms with Crippen LogP contribution in [0.5, 0.6) is 0 Å². The fourth-order valence-electron chi connectivity index (χ4n) is 1.17. The van der Waals surface area contributed by atoms with E-state index in [1.54, 1.807) is 0 Å². The van der Waals surface area contributed by atoms with Gasteiger partial charge in [0.1, 0.15) is 12.7 Å². The first kappa shape index (κ1) is 9.99. The summed E-state index contributed by atoms with van der Waals surface area (Å²) in [5.41, 5.74) is 0.840. The van der Waals surface area contributed by atoms with Crippen LogP contribution in [0.1, 0.15) is 19.8 Å². The van der Waals surface area contributed by atoms with Crippen LogP contribution < -0.4 is 0 Å². The average molecular weight is 182 g/mol. The molecule has 0 radical (unpaired) electrons. The molecule has 0 aromatic rings. The van der Waals surface area contributed by atoms with Crippen molar-refractivity contribution in [3.63, 3.8) is 0 Å². The van der Waals surface area contributed by atoms with Gasteiger partial charge in [-0.25, -0.2) is 0 Å². The highest BCUT2D eigenvalue weighted by Gasteiger charge is 2.10. The quantitative estimate of drug-likeness (QED) is 0.667. The molecule has 0 aromatic carbocycles. The number of ether oxygens (including phenoxy) is 1. The maximum atomic E-state index is 10.5. The third-order valence-corrected chi connectivity index (χ3v) is 1.85. The second-order valence-electron chi connectivity index (χ2n) is 3.00. The zero-order chi connectivity index (χ0) is 9.68. The molecular weight excluding hydrogens is 168 g/mol. The number of hydrogen-bond donors (Lipinski definition) is 1. The van der Waals surface area contributed by atoms with E-state index in [9.17, 15) is 9.90 Å². The van der Waals surface area contributed by atoms with E-state index in [1.165, 1.54) is 6.92 Å². The van der Waals surface area contributed by atoms with Crippen LogP contribution in [0, 0.1) is 0 Å². The van der Waals surface area contributed by atoms with Crippen molar-refractivity contribution in [3.8, 4) is 0 Å². The Morgan fingerprint density at radius 1 is 1.69 bits per heavy atom. The van der Waals surface area contributed by atoms with E-state index in [0.29, 0.717) is 0 Å². The van der Waals surface area contributed by atoms with E-state index in [2.05, 4.69) is 0 Å². The fraction of sp³-hybridized carbons (Fsp3) is 0.500. The van der Waals surface area contributed by atoms with Crippen LogP contribution >= 0.6 is 0 Å². The number of aliphatic hydroxyl groups is 1. The number of allylic oxidation sites excluding steroid dienone is 2. The van der Waals surface area contributed by atoms with Gasteiger partial charge in [0.2, 0.25) is 0 Å². The highest BCUT2D eigenvalue weighted by Crippen LogP contribution is 2.13. The molecule has 0 fully saturated rings. The molecular formula is C10H14O3. The van der Waals surface area contributed by atoms with E-state index in [0.717, 1.165) is 18.4 Å². The van der Waals surface area contributed by atoms with E-state index < -0.39 is 6.10 Å². The molecule has 0 aromatic heterocycles. The van der Waals surface area contributed by atoms with Crippen molar-refractivity contribution >= 4 is 5.97 Å². The van der Waals surface area contributed by atoms with Crippen molar-refractivity contribution in [1.82, 2.24) is 0 Å². The topological polar surface area (TPSA) is 46.5 Å². The highest BCUT2D eigenvalue weighted by atomic mass is 16.5. The molecule has 1 atom stereocenters.